The van der Waals surface area contributed by atoms with Crippen molar-refractivity contribution in [3.8, 4) is 0 Å². The van der Waals surface area contributed by atoms with E-state index < -0.39 is 18.2 Å². The van der Waals surface area contributed by atoms with Gasteiger partial charge in [-0.25, -0.2) is 9.79 Å². The molecule has 2 atom stereocenters. The van der Waals surface area contributed by atoms with E-state index in [1.807, 2.05) is 66.7 Å². The maximum Gasteiger partial charge on any atom is 0.322 e. The van der Waals surface area contributed by atoms with Crippen molar-refractivity contribution in [2.45, 2.75) is 25.1 Å². The summed E-state index contributed by atoms with van der Waals surface area (Å²) in [6.07, 6.45) is -0.136. The maximum absolute atomic E-state index is 12.3. The van der Waals surface area contributed by atoms with Gasteiger partial charge in [0.25, 0.3) is 0 Å². The fourth-order valence-electron chi connectivity index (χ4n) is 3.68. The first-order valence-corrected chi connectivity index (χ1v) is 9.22. The Morgan fingerprint density at radius 2 is 1.82 bits per heavy atom. The van der Waals surface area contributed by atoms with Crippen molar-refractivity contribution in [2.75, 3.05) is 0 Å². The first kappa shape index (κ1) is 18.0. The van der Waals surface area contributed by atoms with Crippen LogP contribution >= 0.6 is 0 Å². The number of aliphatic hydroxyl groups excluding tert-OH is 1. The molecule has 0 saturated carbocycles. The number of nitrogens with zero attached hydrogens (tertiary/aromatic N) is 1. The standard InChI is InChI=1S/C22H22N4O2/c23-21(24-13-16-9-5-8-14-6-1-3-10-17(14)16)26-22(28)25-20-18-11-4-2-7-15(18)12-19(20)27/h1-11,19-20,27H,12-13H2,(H4,23,24,25,26,28)/t19-,20?/m1/s1. The van der Waals surface area contributed by atoms with Crippen LogP contribution in [0.25, 0.3) is 10.8 Å². The molecule has 2 amide bonds. The van der Waals surface area contributed by atoms with Crippen LogP contribution in [0.15, 0.2) is 71.7 Å². The molecule has 0 fully saturated rings. The largest absolute Gasteiger partial charge is 0.390 e. The molecule has 0 saturated heterocycles. The van der Waals surface area contributed by atoms with E-state index in [1.54, 1.807) is 0 Å². The molecule has 0 bridgehead atoms. The van der Waals surface area contributed by atoms with Crippen LogP contribution in [-0.4, -0.2) is 23.2 Å². The van der Waals surface area contributed by atoms with Crippen LogP contribution in [-0.2, 0) is 13.0 Å². The molecule has 1 unspecified atom stereocenters. The summed E-state index contributed by atoms with van der Waals surface area (Å²) in [6, 6.07) is 20.8. The van der Waals surface area contributed by atoms with Gasteiger partial charge in [-0.3, -0.25) is 5.32 Å². The fourth-order valence-corrected chi connectivity index (χ4v) is 3.68. The molecule has 3 aromatic rings. The van der Waals surface area contributed by atoms with Gasteiger partial charge in [-0.15, -0.1) is 0 Å². The van der Waals surface area contributed by atoms with E-state index in [1.165, 1.54) is 0 Å². The van der Waals surface area contributed by atoms with Crippen molar-refractivity contribution in [3.05, 3.63) is 83.4 Å². The minimum Gasteiger partial charge on any atom is -0.390 e. The molecule has 28 heavy (non-hydrogen) atoms. The molecule has 3 aromatic carbocycles. The molecular weight excluding hydrogens is 352 g/mol. The van der Waals surface area contributed by atoms with Gasteiger partial charge in [0.05, 0.1) is 18.7 Å². The zero-order valence-corrected chi connectivity index (χ0v) is 15.3. The van der Waals surface area contributed by atoms with Gasteiger partial charge < -0.3 is 16.2 Å². The second-order valence-corrected chi connectivity index (χ2v) is 6.89. The molecule has 4 rings (SSSR count). The normalized spacial score (nSPS) is 18.7. The zero-order chi connectivity index (χ0) is 19.5. The lowest BCUT2D eigenvalue weighted by Gasteiger charge is -2.18. The molecule has 0 aliphatic heterocycles. The number of rotatable bonds is 3. The number of aliphatic hydroxyl groups is 1. The highest BCUT2D eigenvalue weighted by Gasteiger charge is 2.31. The van der Waals surface area contributed by atoms with E-state index >= 15 is 0 Å². The van der Waals surface area contributed by atoms with Gasteiger partial charge in [0.15, 0.2) is 5.96 Å². The molecule has 0 aromatic heterocycles. The third kappa shape index (κ3) is 3.68. The quantitative estimate of drug-likeness (QED) is 0.419. The molecule has 142 valence electrons. The van der Waals surface area contributed by atoms with E-state index in [9.17, 15) is 9.90 Å². The second kappa shape index (κ2) is 7.70. The number of aliphatic imine (C=N–C) groups is 1. The van der Waals surface area contributed by atoms with Crippen LogP contribution < -0.4 is 16.4 Å². The van der Waals surface area contributed by atoms with E-state index in [-0.39, 0.29) is 5.96 Å². The lowest BCUT2D eigenvalue weighted by Crippen LogP contribution is -2.46. The summed E-state index contributed by atoms with van der Waals surface area (Å²) in [5.41, 5.74) is 8.88. The number of carbonyl (C=O) groups is 1. The van der Waals surface area contributed by atoms with Crippen LogP contribution in [0.5, 0.6) is 0 Å². The first-order valence-electron chi connectivity index (χ1n) is 9.22. The number of amides is 2. The predicted molar refractivity (Wildman–Crippen MR) is 110 cm³/mol. The highest BCUT2D eigenvalue weighted by Crippen LogP contribution is 2.31. The SMILES string of the molecule is NC(=NCc1cccc2ccccc12)NC(=O)NC1c2ccccc2C[C@H]1O. The smallest absolute Gasteiger partial charge is 0.322 e. The highest BCUT2D eigenvalue weighted by molar-refractivity contribution is 5.95. The number of fused-ring (bicyclic) bond motifs is 2. The van der Waals surface area contributed by atoms with Crippen molar-refractivity contribution >= 4 is 22.8 Å². The monoisotopic (exact) mass is 374 g/mol. The fraction of sp³-hybridized carbons (Fsp3) is 0.182. The van der Waals surface area contributed by atoms with E-state index in [0.717, 1.165) is 27.5 Å². The Morgan fingerprint density at radius 1 is 1.07 bits per heavy atom. The number of hydrogen-bond donors (Lipinski definition) is 4. The van der Waals surface area contributed by atoms with Gasteiger partial charge in [-0.05, 0) is 27.5 Å². The molecule has 0 heterocycles. The number of guanidine groups is 1. The number of nitrogens with one attached hydrogen (secondary N) is 2. The van der Waals surface area contributed by atoms with Crippen molar-refractivity contribution in [1.82, 2.24) is 10.6 Å². The molecule has 0 spiro atoms. The first-order chi connectivity index (χ1) is 13.6. The number of benzene rings is 3. The lowest BCUT2D eigenvalue weighted by molar-refractivity contribution is 0.143. The summed E-state index contributed by atoms with van der Waals surface area (Å²) in [5, 5.41) is 17.8. The van der Waals surface area contributed by atoms with E-state index in [0.29, 0.717) is 13.0 Å². The summed E-state index contributed by atoms with van der Waals surface area (Å²) in [4.78, 5) is 16.6. The van der Waals surface area contributed by atoms with Gasteiger partial charge >= 0.3 is 6.03 Å². The van der Waals surface area contributed by atoms with Crippen LogP contribution in [0.2, 0.25) is 0 Å². The van der Waals surface area contributed by atoms with Gasteiger partial charge in [0.1, 0.15) is 0 Å². The number of urea groups is 1. The molecule has 5 N–H and O–H groups in total. The number of carbonyl (C=O) groups excluding carboxylic acids is 1. The second-order valence-electron chi connectivity index (χ2n) is 6.89. The van der Waals surface area contributed by atoms with E-state index in [2.05, 4.69) is 15.6 Å². The molecule has 6 heteroatoms. The van der Waals surface area contributed by atoms with Crippen LogP contribution in [0.1, 0.15) is 22.7 Å². The Hall–Kier alpha value is -3.38. The molecular formula is C22H22N4O2. The average Bonchev–Trinajstić information content (AvgIpc) is 3.01. The van der Waals surface area contributed by atoms with Crippen LogP contribution in [0.3, 0.4) is 0 Å². The number of hydrogen-bond acceptors (Lipinski definition) is 3. The Labute approximate surface area is 163 Å². The van der Waals surface area contributed by atoms with E-state index in [4.69, 9.17) is 5.73 Å². The van der Waals surface area contributed by atoms with Crippen molar-refractivity contribution in [2.24, 2.45) is 10.7 Å². The average molecular weight is 374 g/mol. The van der Waals surface area contributed by atoms with Crippen molar-refractivity contribution in [1.29, 1.82) is 0 Å². The summed E-state index contributed by atoms with van der Waals surface area (Å²) in [7, 11) is 0. The summed E-state index contributed by atoms with van der Waals surface area (Å²) in [5.74, 6) is 0.0335. The van der Waals surface area contributed by atoms with Gasteiger partial charge in [0, 0.05) is 6.42 Å². The molecule has 1 aliphatic carbocycles. The minimum absolute atomic E-state index is 0.0335. The zero-order valence-electron chi connectivity index (χ0n) is 15.3. The van der Waals surface area contributed by atoms with Gasteiger partial charge in [-0.1, -0.05) is 66.7 Å². The molecule has 6 nitrogen and oxygen atoms in total. The Bertz CT molecular complexity index is 1040. The number of nitrogens with two attached hydrogens (primary N) is 1. The third-order valence-corrected chi connectivity index (χ3v) is 5.03. The minimum atomic E-state index is -0.656. The predicted octanol–water partition coefficient (Wildman–Crippen LogP) is 2.61. The topological polar surface area (TPSA) is 99.7 Å². The van der Waals surface area contributed by atoms with Crippen LogP contribution in [0, 0.1) is 0 Å². The van der Waals surface area contributed by atoms with Gasteiger partial charge in [-0.2, -0.15) is 0 Å². The molecule has 0 radical (unpaired) electrons. The summed E-state index contributed by atoms with van der Waals surface area (Å²) < 4.78 is 0. The molecule has 1 aliphatic rings. The summed E-state index contributed by atoms with van der Waals surface area (Å²) in [6.45, 7) is 0.363. The van der Waals surface area contributed by atoms with Crippen LogP contribution in [0.4, 0.5) is 4.79 Å². The maximum atomic E-state index is 12.3. The third-order valence-electron chi connectivity index (χ3n) is 5.03. The summed E-state index contributed by atoms with van der Waals surface area (Å²) >= 11 is 0. The highest BCUT2D eigenvalue weighted by atomic mass is 16.3. The Morgan fingerprint density at radius 3 is 2.71 bits per heavy atom. The lowest BCUT2D eigenvalue weighted by atomic mass is 10.1. The van der Waals surface area contributed by atoms with Crippen molar-refractivity contribution in [3.63, 3.8) is 0 Å². The Kier molecular flexibility index (Phi) is 4.95. The van der Waals surface area contributed by atoms with Crippen molar-refractivity contribution < 1.29 is 9.90 Å². The Balaban J connectivity index is 1.41. The van der Waals surface area contributed by atoms with Gasteiger partial charge in [0.2, 0.25) is 0 Å².